The Labute approximate surface area is 170 Å². The highest BCUT2D eigenvalue weighted by Gasteiger charge is 2.32. The summed E-state index contributed by atoms with van der Waals surface area (Å²) in [7, 11) is 0. The van der Waals surface area contributed by atoms with Gasteiger partial charge in [0.15, 0.2) is 0 Å². The molecule has 0 saturated carbocycles. The quantitative estimate of drug-likeness (QED) is 0.356. The SMILES string of the molecule is Cc1ccc2nc(SCC(=O)N/N=C\c3ccccc3C(F)(F)F)cc(C)c2c1. The molecule has 0 aliphatic carbocycles. The zero-order valence-electron chi connectivity index (χ0n) is 15.7. The van der Waals surface area contributed by atoms with E-state index in [1.807, 2.05) is 32.0 Å². The number of thioether (sulfide) groups is 1. The van der Waals surface area contributed by atoms with Crippen LogP contribution in [-0.4, -0.2) is 22.9 Å². The van der Waals surface area contributed by atoms with Crippen molar-refractivity contribution in [1.29, 1.82) is 0 Å². The number of alkyl halides is 3. The average Bonchev–Trinajstić information content (AvgIpc) is 2.66. The summed E-state index contributed by atoms with van der Waals surface area (Å²) in [4.78, 5) is 16.5. The van der Waals surface area contributed by atoms with Crippen molar-refractivity contribution < 1.29 is 18.0 Å². The summed E-state index contributed by atoms with van der Waals surface area (Å²) in [6.07, 6.45) is -3.49. The summed E-state index contributed by atoms with van der Waals surface area (Å²) in [5.41, 5.74) is 4.38. The normalized spacial score (nSPS) is 11.9. The second kappa shape index (κ2) is 8.65. The molecule has 150 valence electrons. The first-order valence-corrected chi connectivity index (χ1v) is 9.71. The van der Waals surface area contributed by atoms with Gasteiger partial charge in [0.05, 0.1) is 28.1 Å². The molecule has 1 N–H and O–H groups in total. The number of halogens is 3. The summed E-state index contributed by atoms with van der Waals surface area (Å²) < 4.78 is 38.8. The van der Waals surface area contributed by atoms with Gasteiger partial charge in [-0.25, -0.2) is 10.4 Å². The number of pyridine rings is 1. The number of aryl methyl sites for hydroxylation is 2. The van der Waals surface area contributed by atoms with Crippen molar-refractivity contribution in [1.82, 2.24) is 10.4 Å². The van der Waals surface area contributed by atoms with Crippen LogP contribution in [0, 0.1) is 13.8 Å². The van der Waals surface area contributed by atoms with Gasteiger partial charge < -0.3 is 0 Å². The highest BCUT2D eigenvalue weighted by molar-refractivity contribution is 7.99. The molecule has 1 amide bonds. The Kier molecular flexibility index (Phi) is 6.22. The van der Waals surface area contributed by atoms with Gasteiger partial charge in [0.1, 0.15) is 0 Å². The number of carbonyl (C=O) groups excluding carboxylic acids is 1. The molecule has 4 nitrogen and oxygen atoms in total. The summed E-state index contributed by atoms with van der Waals surface area (Å²) in [5, 5.41) is 5.40. The number of nitrogens with one attached hydrogen (secondary N) is 1. The Bertz CT molecular complexity index is 1080. The van der Waals surface area contributed by atoms with Gasteiger partial charge in [-0.05, 0) is 43.7 Å². The molecule has 1 aromatic heterocycles. The van der Waals surface area contributed by atoms with Crippen molar-refractivity contribution in [2.75, 3.05) is 5.75 Å². The van der Waals surface area contributed by atoms with E-state index in [4.69, 9.17) is 0 Å². The molecule has 3 aromatic rings. The van der Waals surface area contributed by atoms with E-state index in [0.29, 0.717) is 5.03 Å². The third kappa shape index (κ3) is 5.35. The summed E-state index contributed by atoms with van der Waals surface area (Å²) in [6, 6.07) is 12.9. The number of rotatable bonds is 5. The van der Waals surface area contributed by atoms with Crippen LogP contribution in [0.3, 0.4) is 0 Å². The third-order valence-electron chi connectivity index (χ3n) is 4.16. The number of aromatic nitrogens is 1. The molecule has 0 radical (unpaired) electrons. The lowest BCUT2D eigenvalue weighted by Gasteiger charge is -2.09. The number of nitrogens with zero attached hydrogens (tertiary/aromatic N) is 2. The van der Waals surface area contributed by atoms with Crippen molar-refractivity contribution in [2.45, 2.75) is 25.0 Å². The molecule has 0 unspecified atom stereocenters. The summed E-state index contributed by atoms with van der Waals surface area (Å²) >= 11 is 1.24. The molecule has 2 aromatic carbocycles. The Balaban J connectivity index is 1.62. The first kappa shape index (κ1) is 20.9. The predicted molar refractivity (Wildman–Crippen MR) is 109 cm³/mol. The fourth-order valence-corrected chi connectivity index (χ4v) is 3.53. The number of hydrogen-bond donors (Lipinski definition) is 1. The third-order valence-corrected chi connectivity index (χ3v) is 5.07. The standard InChI is InChI=1S/C21H18F3N3OS/c1-13-7-8-18-16(9-13)14(2)10-20(26-18)29-12-19(28)27-25-11-15-5-3-4-6-17(15)21(22,23)24/h3-11H,12H2,1-2H3,(H,27,28)/b25-11-. The average molecular weight is 417 g/mol. The van der Waals surface area contributed by atoms with Crippen LogP contribution in [0.1, 0.15) is 22.3 Å². The lowest BCUT2D eigenvalue weighted by atomic mass is 10.1. The molecular formula is C21H18F3N3OS. The Morgan fingerprint density at radius 3 is 2.69 bits per heavy atom. The smallest absolute Gasteiger partial charge is 0.272 e. The Morgan fingerprint density at radius 2 is 1.93 bits per heavy atom. The number of fused-ring (bicyclic) bond motifs is 1. The maximum atomic E-state index is 12.9. The van der Waals surface area contributed by atoms with Crippen LogP contribution in [0.5, 0.6) is 0 Å². The topological polar surface area (TPSA) is 54.4 Å². The highest BCUT2D eigenvalue weighted by Crippen LogP contribution is 2.31. The molecule has 29 heavy (non-hydrogen) atoms. The van der Waals surface area contributed by atoms with Gasteiger partial charge in [-0.3, -0.25) is 4.79 Å². The number of hydrogen-bond acceptors (Lipinski definition) is 4. The van der Waals surface area contributed by atoms with Crippen LogP contribution in [0.2, 0.25) is 0 Å². The van der Waals surface area contributed by atoms with Crippen LogP contribution in [0.4, 0.5) is 13.2 Å². The predicted octanol–water partition coefficient (Wildman–Crippen LogP) is 5.11. The molecule has 3 rings (SSSR count). The van der Waals surface area contributed by atoms with Crippen molar-refractivity contribution >= 4 is 34.8 Å². The summed E-state index contributed by atoms with van der Waals surface area (Å²) in [6.45, 7) is 4.00. The van der Waals surface area contributed by atoms with Gasteiger partial charge in [0, 0.05) is 10.9 Å². The molecule has 0 atom stereocenters. The molecule has 1 heterocycles. The molecule has 0 saturated heterocycles. The largest absolute Gasteiger partial charge is 0.417 e. The highest BCUT2D eigenvalue weighted by atomic mass is 32.2. The molecular weight excluding hydrogens is 399 g/mol. The van der Waals surface area contributed by atoms with E-state index in [1.54, 1.807) is 0 Å². The maximum absolute atomic E-state index is 12.9. The van der Waals surface area contributed by atoms with Gasteiger partial charge in [-0.2, -0.15) is 18.3 Å². The van der Waals surface area contributed by atoms with E-state index in [-0.39, 0.29) is 11.3 Å². The Morgan fingerprint density at radius 1 is 1.17 bits per heavy atom. The van der Waals surface area contributed by atoms with Crippen molar-refractivity contribution in [2.24, 2.45) is 5.10 Å². The minimum Gasteiger partial charge on any atom is -0.272 e. The minimum absolute atomic E-state index is 0.0437. The number of amides is 1. The van der Waals surface area contributed by atoms with E-state index >= 15 is 0 Å². The summed E-state index contributed by atoms with van der Waals surface area (Å²) in [5.74, 6) is -0.388. The number of carbonyl (C=O) groups is 1. The first-order valence-electron chi connectivity index (χ1n) is 8.73. The maximum Gasteiger partial charge on any atom is 0.417 e. The second-order valence-electron chi connectivity index (χ2n) is 6.46. The fraction of sp³-hybridized carbons (Fsp3) is 0.190. The van der Waals surface area contributed by atoms with Crippen LogP contribution in [0.25, 0.3) is 10.9 Å². The van der Waals surface area contributed by atoms with Crippen LogP contribution in [0.15, 0.2) is 58.7 Å². The van der Waals surface area contributed by atoms with E-state index < -0.39 is 17.6 Å². The van der Waals surface area contributed by atoms with Crippen LogP contribution >= 0.6 is 11.8 Å². The van der Waals surface area contributed by atoms with Crippen molar-refractivity contribution in [3.8, 4) is 0 Å². The molecule has 8 heteroatoms. The Hall–Kier alpha value is -2.87. The van der Waals surface area contributed by atoms with Gasteiger partial charge in [0.25, 0.3) is 0 Å². The van der Waals surface area contributed by atoms with E-state index in [1.165, 1.54) is 30.0 Å². The molecule has 0 bridgehead atoms. The zero-order valence-corrected chi connectivity index (χ0v) is 16.6. The molecule has 0 spiro atoms. The van der Waals surface area contributed by atoms with E-state index in [2.05, 4.69) is 21.6 Å². The monoisotopic (exact) mass is 417 g/mol. The van der Waals surface area contributed by atoms with E-state index in [9.17, 15) is 18.0 Å². The minimum atomic E-state index is -4.49. The number of benzene rings is 2. The van der Waals surface area contributed by atoms with Crippen molar-refractivity contribution in [3.63, 3.8) is 0 Å². The molecule has 0 aliphatic heterocycles. The van der Waals surface area contributed by atoms with Gasteiger partial charge in [-0.15, -0.1) is 0 Å². The zero-order chi connectivity index (χ0) is 21.0. The van der Waals surface area contributed by atoms with Gasteiger partial charge >= 0.3 is 6.18 Å². The lowest BCUT2D eigenvalue weighted by molar-refractivity contribution is -0.137. The van der Waals surface area contributed by atoms with Crippen LogP contribution < -0.4 is 5.43 Å². The molecule has 0 fully saturated rings. The lowest BCUT2D eigenvalue weighted by Crippen LogP contribution is -2.20. The van der Waals surface area contributed by atoms with Gasteiger partial charge in [0.2, 0.25) is 5.91 Å². The van der Waals surface area contributed by atoms with Gasteiger partial charge in [-0.1, -0.05) is 41.6 Å². The first-order chi connectivity index (χ1) is 13.7. The van der Waals surface area contributed by atoms with Crippen molar-refractivity contribution in [3.05, 3.63) is 70.8 Å². The number of hydrazone groups is 1. The second-order valence-corrected chi connectivity index (χ2v) is 7.46. The van der Waals surface area contributed by atoms with E-state index in [0.717, 1.165) is 34.3 Å². The fourth-order valence-electron chi connectivity index (χ4n) is 2.76. The molecule has 0 aliphatic rings. The van der Waals surface area contributed by atoms with Crippen LogP contribution in [-0.2, 0) is 11.0 Å².